The highest BCUT2D eigenvalue weighted by Crippen LogP contribution is 2.04. The first kappa shape index (κ1) is 12.9. The van der Waals surface area contributed by atoms with Crippen molar-refractivity contribution in [2.24, 2.45) is 5.92 Å². The molecule has 0 aromatic carbocycles. The Bertz CT molecular complexity index is 96.2. The molecule has 0 aliphatic carbocycles. The molecule has 0 aromatic rings. The van der Waals surface area contributed by atoms with Crippen molar-refractivity contribution in [3.05, 3.63) is 0 Å². The molecule has 13 heavy (non-hydrogen) atoms. The predicted octanol–water partition coefficient (Wildman–Crippen LogP) is 2.06. The fourth-order valence-corrected chi connectivity index (χ4v) is 1.09. The molecule has 1 atom stereocenters. The van der Waals surface area contributed by atoms with Gasteiger partial charge in [-0.1, -0.05) is 20.3 Å². The third kappa shape index (κ3) is 9.80. The van der Waals surface area contributed by atoms with Crippen molar-refractivity contribution in [2.75, 3.05) is 33.7 Å². The van der Waals surface area contributed by atoms with Gasteiger partial charge in [0.2, 0.25) is 0 Å². The number of rotatable bonds is 9. The quantitative estimate of drug-likeness (QED) is 0.411. The summed E-state index contributed by atoms with van der Waals surface area (Å²) in [5.41, 5.74) is 0. The van der Waals surface area contributed by atoms with E-state index in [9.17, 15) is 0 Å². The van der Waals surface area contributed by atoms with Gasteiger partial charge in [-0.2, -0.15) is 0 Å². The number of hydrogen-bond acceptors (Lipinski definition) is 3. The lowest BCUT2D eigenvalue weighted by Crippen LogP contribution is -2.10. The van der Waals surface area contributed by atoms with Crippen molar-refractivity contribution >= 4 is 0 Å². The highest BCUT2D eigenvalue weighted by Gasteiger charge is 1.99. The van der Waals surface area contributed by atoms with Crippen LogP contribution in [-0.2, 0) is 14.2 Å². The third-order valence-corrected chi connectivity index (χ3v) is 1.78. The lowest BCUT2D eigenvalue weighted by atomic mass is 10.1. The van der Waals surface area contributed by atoms with E-state index in [1.807, 2.05) is 0 Å². The van der Waals surface area contributed by atoms with Gasteiger partial charge in [-0.05, 0) is 12.3 Å². The molecule has 0 bridgehead atoms. The molecule has 0 heterocycles. The van der Waals surface area contributed by atoms with E-state index in [0.717, 1.165) is 6.61 Å². The van der Waals surface area contributed by atoms with Gasteiger partial charge in [0.1, 0.15) is 6.79 Å². The highest BCUT2D eigenvalue weighted by molar-refractivity contribution is 4.47. The Morgan fingerprint density at radius 2 is 1.92 bits per heavy atom. The fraction of sp³-hybridized carbons (Fsp3) is 1.00. The molecule has 0 amide bonds. The predicted molar refractivity (Wildman–Crippen MR) is 52.7 cm³/mol. The van der Waals surface area contributed by atoms with Gasteiger partial charge in [-0.15, -0.1) is 0 Å². The van der Waals surface area contributed by atoms with Crippen molar-refractivity contribution in [2.45, 2.75) is 26.7 Å². The van der Waals surface area contributed by atoms with Crippen molar-refractivity contribution in [3.63, 3.8) is 0 Å². The number of hydrogen-bond donors (Lipinski definition) is 0. The average Bonchev–Trinajstić information content (AvgIpc) is 2.11. The van der Waals surface area contributed by atoms with Crippen LogP contribution in [0.2, 0.25) is 0 Å². The van der Waals surface area contributed by atoms with E-state index >= 15 is 0 Å². The molecular formula is C10H22O3. The van der Waals surface area contributed by atoms with Crippen LogP contribution >= 0.6 is 0 Å². The molecule has 0 spiro atoms. The Morgan fingerprint density at radius 3 is 2.54 bits per heavy atom. The highest BCUT2D eigenvalue weighted by atomic mass is 16.7. The van der Waals surface area contributed by atoms with Gasteiger partial charge in [-0.25, -0.2) is 0 Å². The molecule has 1 unspecified atom stereocenters. The smallest absolute Gasteiger partial charge is 0.146 e. The van der Waals surface area contributed by atoms with E-state index in [1.165, 1.54) is 12.8 Å². The maximum absolute atomic E-state index is 5.32. The minimum atomic E-state index is 0.386. The fourth-order valence-electron chi connectivity index (χ4n) is 1.09. The van der Waals surface area contributed by atoms with E-state index in [0.29, 0.717) is 25.9 Å². The molecule has 80 valence electrons. The molecule has 3 heteroatoms. The van der Waals surface area contributed by atoms with E-state index in [2.05, 4.69) is 13.8 Å². The summed E-state index contributed by atoms with van der Waals surface area (Å²) in [6.45, 7) is 6.80. The zero-order valence-electron chi connectivity index (χ0n) is 9.04. The minimum Gasteiger partial charge on any atom is -0.382 e. The number of ether oxygens (including phenoxy) is 3. The van der Waals surface area contributed by atoms with Crippen LogP contribution in [0.25, 0.3) is 0 Å². The van der Waals surface area contributed by atoms with E-state index in [4.69, 9.17) is 14.2 Å². The Labute approximate surface area is 81.4 Å². The van der Waals surface area contributed by atoms with Crippen LogP contribution in [0.3, 0.4) is 0 Å². The Kier molecular flexibility index (Phi) is 9.87. The largest absolute Gasteiger partial charge is 0.382 e. The van der Waals surface area contributed by atoms with Crippen molar-refractivity contribution < 1.29 is 14.2 Å². The van der Waals surface area contributed by atoms with Crippen molar-refractivity contribution in [1.29, 1.82) is 0 Å². The molecule has 0 radical (unpaired) electrons. The summed E-state index contributed by atoms with van der Waals surface area (Å²) in [6.07, 6.45) is 2.44. The molecule has 0 saturated heterocycles. The van der Waals surface area contributed by atoms with E-state index < -0.39 is 0 Å². The molecule has 0 N–H and O–H groups in total. The van der Waals surface area contributed by atoms with Gasteiger partial charge >= 0.3 is 0 Å². The molecule has 0 aromatic heterocycles. The monoisotopic (exact) mass is 190 g/mol. The standard InChI is InChI=1S/C10H22O3/c1-4-5-10(2)8-13-9-12-7-6-11-3/h10H,4-9H2,1-3H3. The summed E-state index contributed by atoms with van der Waals surface area (Å²) >= 11 is 0. The second-order valence-electron chi connectivity index (χ2n) is 3.28. The zero-order valence-corrected chi connectivity index (χ0v) is 9.04. The molecule has 0 saturated carbocycles. The molecule has 0 aliphatic rings. The van der Waals surface area contributed by atoms with Gasteiger partial charge in [0, 0.05) is 7.11 Å². The first-order chi connectivity index (χ1) is 6.31. The van der Waals surface area contributed by atoms with Crippen LogP contribution < -0.4 is 0 Å². The second-order valence-corrected chi connectivity index (χ2v) is 3.28. The molecule has 0 aliphatic heterocycles. The summed E-state index contributed by atoms with van der Waals surface area (Å²) < 4.78 is 15.3. The van der Waals surface area contributed by atoms with Crippen LogP contribution in [0.15, 0.2) is 0 Å². The first-order valence-electron chi connectivity index (χ1n) is 4.95. The molecule has 0 fully saturated rings. The maximum atomic E-state index is 5.32. The topological polar surface area (TPSA) is 27.7 Å². The Hall–Kier alpha value is -0.120. The van der Waals surface area contributed by atoms with Gasteiger partial charge in [0.05, 0.1) is 19.8 Å². The van der Waals surface area contributed by atoms with Gasteiger partial charge in [-0.3, -0.25) is 0 Å². The lowest BCUT2D eigenvalue weighted by Gasteiger charge is -2.10. The van der Waals surface area contributed by atoms with Gasteiger partial charge in [0.25, 0.3) is 0 Å². The van der Waals surface area contributed by atoms with E-state index in [1.54, 1.807) is 7.11 Å². The third-order valence-electron chi connectivity index (χ3n) is 1.78. The zero-order chi connectivity index (χ0) is 9.94. The summed E-state index contributed by atoms with van der Waals surface area (Å²) in [4.78, 5) is 0. The maximum Gasteiger partial charge on any atom is 0.146 e. The van der Waals surface area contributed by atoms with Crippen LogP contribution in [0.5, 0.6) is 0 Å². The lowest BCUT2D eigenvalue weighted by molar-refractivity contribution is -0.0740. The Morgan fingerprint density at radius 1 is 1.15 bits per heavy atom. The summed E-state index contributed by atoms with van der Waals surface area (Å²) in [5, 5.41) is 0. The first-order valence-corrected chi connectivity index (χ1v) is 4.95. The average molecular weight is 190 g/mol. The normalized spacial score (nSPS) is 13.2. The SMILES string of the molecule is CCCC(C)COCOCCOC. The minimum absolute atomic E-state index is 0.386. The van der Waals surface area contributed by atoms with Gasteiger partial charge in [0.15, 0.2) is 0 Å². The molecular weight excluding hydrogens is 168 g/mol. The summed E-state index contributed by atoms with van der Waals surface area (Å²) in [7, 11) is 1.66. The van der Waals surface area contributed by atoms with Gasteiger partial charge < -0.3 is 14.2 Å². The van der Waals surface area contributed by atoms with Crippen LogP contribution in [0.4, 0.5) is 0 Å². The van der Waals surface area contributed by atoms with E-state index in [-0.39, 0.29) is 0 Å². The van der Waals surface area contributed by atoms with Crippen LogP contribution in [-0.4, -0.2) is 33.7 Å². The van der Waals surface area contributed by atoms with Crippen molar-refractivity contribution in [3.8, 4) is 0 Å². The second kappa shape index (κ2) is 9.96. The summed E-state index contributed by atoms with van der Waals surface area (Å²) in [5.74, 6) is 0.635. The summed E-state index contributed by atoms with van der Waals surface area (Å²) in [6, 6.07) is 0. The van der Waals surface area contributed by atoms with Crippen LogP contribution in [0.1, 0.15) is 26.7 Å². The number of methoxy groups -OCH3 is 1. The van der Waals surface area contributed by atoms with Crippen LogP contribution in [0, 0.1) is 5.92 Å². The molecule has 3 nitrogen and oxygen atoms in total. The molecule has 0 rings (SSSR count). The Balaban J connectivity index is 2.97. The van der Waals surface area contributed by atoms with Crippen molar-refractivity contribution in [1.82, 2.24) is 0 Å².